The Hall–Kier alpha value is -2.42. The molecule has 0 bridgehead atoms. The summed E-state index contributed by atoms with van der Waals surface area (Å²) in [7, 11) is 1.63. The Morgan fingerprint density at radius 3 is 2.93 bits per heavy atom. The maximum absolute atomic E-state index is 12.3. The minimum absolute atomic E-state index is 0.0347. The molecule has 2 aromatic rings. The minimum atomic E-state index is -0.615. The van der Waals surface area contributed by atoms with Gasteiger partial charge in [-0.2, -0.15) is 0 Å². The Morgan fingerprint density at radius 1 is 1.37 bits per heavy atom. The molecule has 0 saturated carbocycles. The lowest BCUT2D eigenvalue weighted by Crippen LogP contribution is -2.45. The van der Waals surface area contributed by atoms with Gasteiger partial charge in [-0.05, 0) is 42.7 Å². The zero-order valence-electron chi connectivity index (χ0n) is 17.0. The Bertz CT molecular complexity index is 970. The number of hydrogen-bond donors (Lipinski definition) is 2. The molecule has 1 amide bonds. The largest absolute Gasteiger partial charge is 0.497 e. The van der Waals surface area contributed by atoms with Crippen LogP contribution >= 0.6 is 11.8 Å². The summed E-state index contributed by atoms with van der Waals surface area (Å²) >= 11 is 1.51. The van der Waals surface area contributed by atoms with E-state index in [2.05, 4.69) is 20.2 Å². The van der Waals surface area contributed by atoms with E-state index in [1.807, 2.05) is 24.3 Å². The molecule has 1 aromatic heterocycles. The molecule has 1 atom stereocenters. The number of nitrogens with one attached hydrogen (secondary N) is 1. The lowest BCUT2D eigenvalue weighted by molar-refractivity contribution is -0.117. The summed E-state index contributed by atoms with van der Waals surface area (Å²) in [6.07, 6.45) is 6.28. The molecule has 0 spiro atoms. The van der Waals surface area contributed by atoms with Crippen molar-refractivity contribution < 1.29 is 14.6 Å². The van der Waals surface area contributed by atoms with Crippen LogP contribution in [0.4, 0.5) is 0 Å². The van der Waals surface area contributed by atoms with E-state index in [0.29, 0.717) is 11.4 Å². The number of aromatic nitrogens is 1. The first kappa shape index (κ1) is 20.8. The molecule has 1 fully saturated rings. The predicted molar refractivity (Wildman–Crippen MR) is 120 cm³/mol. The number of methoxy groups -OCH3 is 1. The fourth-order valence-corrected chi connectivity index (χ4v) is 4.54. The van der Waals surface area contributed by atoms with E-state index in [1.165, 1.54) is 11.8 Å². The second-order valence-electron chi connectivity index (χ2n) is 7.48. The fourth-order valence-electron chi connectivity index (χ4n) is 3.88. The Balaban J connectivity index is 1.34. The van der Waals surface area contributed by atoms with Crippen molar-refractivity contribution in [1.29, 1.82) is 0 Å². The quantitative estimate of drug-likeness (QED) is 0.738. The predicted octanol–water partition coefficient (Wildman–Crippen LogP) is 2.52. The normalized spacial score (nSPS) is 18.8. The van der Waals surface area contributed by atoms with Crippen molar-refractivity contribution in [2.75, 3.05) is 32.5 Å². The molecule has 1 aromatic carbocycles. The van der Waals surface area contributed by atoms with Crippen molar-refractivity contribution in [1.82, 2.24) is 15.2 Å². The van der Waals surface area contributed by atoms with Crippen molar-refractivity contribution >= 4 is 34.8 Å². The number of likely N-dealkylation sites (tertiary alicyclic amines) is 1. The van der Waals surface area contributed by atoms with E-state index in [0.717, 1.165) is 53.9 Å². The maximum atomic E-state index is 12.3. The summed E-state index contributed by atoms with van der Waals surface area (Å²) in [5.41, 5.74) is 1.70. The monoisotopic (exact) mass is 426 g/mol. The number of aliphatic hydroxyl groups is 1. The number of thioether (sulfide) groups is 1. The highest BCUT2D eigenvalue weighted by Crippen LogP contribution is 2.28. The van der Waals surface area contributed by atoms with Gasteiger partial charge in [0.25, 0.3) is 5.91 Å². The lowest BCUT2D eigenvalue weighted by atomic mass is 10.0. The van der Waals surface area contributed by atoms with E-state index < -0.39 is 6.10 Å². The van der Waals surface area contributed by atoms with Crippen LogP contribution in [0.3, 0.4) is 0 Å². The van der Waals surface area contributed by atoms with Crippen LogP contribution in [-0.4, -0.2) is 65.7 Å². The number of piperidine rings is 1. The minimum Gasteiger partial charge on any atom is -0.497 e. The summed E-state index contributed by atoms with van der Waals surface area (Å²) in [6, 6.07) is 7.73. The first-order valence-corrected chi connectivity index (χ1v) is 11.1. The van der Waals surface area contributed by atoms with E-state index in [4.69, 9.17) is 4.74 Å². The van der Waals surface area contributed by atoms with Crippen molar-refractivity contribution in [2.24, 2.45) is 4.99 Å². The topological polar surface area (TPSA) is 87.0 Å². The fraction of sp³-hybridized carbons (Fsp3) is 0.409. The zero-order valence-corrected chi connectivity index (χ0v) is 17.8. The van der Waals surface area contributed by atoms with Gasteiger partial charge in [-0.25, -0.2) is 0 Å². The van der Waals surface area contributed by atoms with E-state index in [9.17, 15) is 9.90 Å². The second kappa shape index (κ2) is 9.59. The Morgan fingerprint density at radius 2 is 2.20 bits per heavy atom. The van der Waals surface area contributed by atoms with E-state index in [1.54, 1.807) is 25.7 Å². The Labute approximate surface area is 180 Å². The molecule has 30 heavy (non-hydrogen) atoms. The number of carbonyl (C=O) groups is 1. The number of β-amino-alcohol motifs (C(OH)–C–C–N with tert-alkyl or cyclic N) is 1. The molecule has 3 heterocycles. The highest BCUT2D eigenvalue weighted by Gasteiger charge is 2.24. The number of nitrogens with zero attached hydrogens (tertiary/aromatic N) is 3. The highest BCUT2D eigenvalue weighted by molar-refractivity contribution is 8.04. The summed E-state index contributed by atoms with van der Waals surface area (Å²) in [4.78, 5) is 23.7. The number of ether oxygens (including phenoxy) is 1. The molecule has 4 rings (SSSR count). The number of benzene rings is 1. The number of hydrogen-bond acceptors (Lipinski definition) is 7. The summed E-state index contributed by atoms with van der Waals surface area (Å²) in [5.74, 6) is 1.45. The summed E-state index contributed by atoms with van der Waals surface area (Å²) in [6.45, 7) is 2.21. The van der Waals surface area contributed by atoms with E-state index >= 15 is 0 Å². The van der Waals surface area contributed by atoms with Gasteiger partial charge in [0, 0.05) is 55.4 Å². The van der Waals surface area contributed by atoms with Crippen LogP contribution < -0.4 is 10.1 Å². The number of aliphatic imine (C=N–C) groups is 1. The molecule has 2 N–H and O–H groups in total. The molecule has 0 unspecified atom stereocenters. The summed E-state index contributed by atoms with van der Waals surface area (Å²) < 4.78 is 5.33. The van der Waals surface area contributed by atoms with Gasteiger partial charge in [-0.1, -0.05) is 0 Å². The van der Waals surface area contributed by atoms with Crippen LogP contribution in [0, 0.1) is 0 Å². The van der Waals surface area contributed by atoms with Gasteiger partial charge in [0.15, 0.2) is 0 Å². The van der Waals surface area contributed by atoms with Gasteiger partial charge in [-0.3, -0.25) is 14.8 Å². The van der Waals surface area contributed by atoms with Crippen LogP contribution in [0.2, 0.25) is 0 Å². The van der Waals surface area contributed by atoms with Crippen LogP contribution in [0.15, 0.2) is 46.6 Å². The molecule has 8 heteroatoms. The summed E-state index contributed by atoms with van der Waals surface area (Å²) in [5, 5.41) is 14.9. The number of rotatable bonds is 6. The van der Waals surface area contributed by atoms with Gasteiger partial charge in [0.05, 0.1) is 23.6 Å². The highest BCUT2D eigenvalue weighted by atomic mass is 32.2. The van der Waals surface area contributed by atoms with Crippen molar-refractivity contribution in [3.8, 4) is 5.75 Å². The maximum Gasteiger partial charge on any atom is 0.259 e. The lowest BCUT2D eigenvalue weighted by Gasteiger charge is -2.33. The molecular weight excluding hydrogens is 400 g/mol. The van der Waals surface area contributed by atoms with Crippen LogP contribution in [0.25, 0.3) is 10.9 Å². The van der Waals surface area contributed by atoms with Gasteiger partial charge in [0.1, 0.15) is 5.75 Å². The van der Waals surface area contributed by atoms with Crippen molar-refractivity contribution in [2.45, 2.75) is 25.0 Å². The molecule has 2 aliphatic heterocycles. The van der Waals surface area contributed by atoms with Crippen molar-refractivity contribution in [3.63, 3.8) is 0 Å². The van der Waals surface area contributed by atoms with E-state index in [-0.39, 0.29) is 11.9 Å². The Kier molecular flexibility index (Phi) is 6.66. The van der Waals surface area contributed by atoms with Gasteiger partial charge < -0.3 is 20.1 Å². The number of amides is 1. The van der Waals surface area contributed by atoms with Crippen LogP contribution in [0.5, 0.6) is 5.75 Å². The number of aliphatic hydroxyl groups excluding tert-OH is 1. The average molecular weight is 427 g/mol. The number of carbonyl (C=O) groups excluding carboxylic acids is 1. The molecule has 0 radical (unpaired) electrons. The van der Waals surface area contributed by atoms with Crippen LogP contribution in [-0.2, 0) is 4.79 Å². The standard InChI is InChI=1S/C22H26N4O3S/c1-29-16-2-3-19-18(12-16)17(4-7-24-19)20(27)14-26-9-5-15(6-10-26)25-22(28)21-13-23-8-11-30-21/h2-4,7-8,12-13,15,20,27H,5-6,9-11,14H2,1H3,(H,25,28)/t20-/m0/s1. The molecular formula is C22H26N4O3S. The van der Waals surface area contributed by atoms with Crippen LogP contribution in [0.1, 0.15) is 24.5 Å². The molecule has 7 nitrogen and oxygen atoms in total. The zero-order chi connectivity index (χ0) is 20.9. The molecule has 158 valence electrons. The third kappa shape index (κ3) is 4.83. The molecule has 2 aliphatic rings. The first-order valence-electron chi connectivity index (χ1n) is 10.1. The number of pyridine rings is 1. The second-order valence-corrected chi connectivity index (χ2v) is 8.55. The smallest absolute Gasteiger partial charge is 0.259 e. The number of fused-ring (bicyclic) bond motifs is 1. The average Bonchev–Trinajstić information content (AvgIpc) is 2.80. The van der Waals surface area contributed by atoms with Gasteiger partial charge in [0.2, 0.25) is 0 Å². The molecule has 0 aliphatic carbocycles. The van der Waals surface area contributed by atoms with Gasteiger partial charge >= 0.3 is 0 Å². The first-order chi connectivity index (χ1) is 14.6. The third-order valence-corrected chi connectivity index (χ3v) is 6.45. The van der Waals surface area contributed by atoms with Gasteiger partial charge in [-0.15, -0.1) is 11.8 Å². The van der Waals surface area contributed by atoms with Crippen molar-refractivity contribution in [3.05, 3.63) is 47.1 Å². The molecule has 1 saturated heterocycles. The SMILES string of the molecule is COc1ccc2nccc([C@@H](O)CN3CCC(NC(=O)C4=CN=CCS4)CC3)c2c1. The third-order valence-electron chi connectivity index (χ3n) is 5.53.